The molecule has 3 rings (SSSR count). The molecule has 2 aromatic rings. The summed E-state index contributed by atoms with van der Waals surface area (Å²) in [4.78, 5) is 25.2. The molecule has 1 heterocycles. The number of halogens is 1. The Balaban J connectivity index is 1.95. The number of carbonyl (C=O) groups excluding carboxylic acids is 1. The van der Waals surface area contributed by atoms with Crippen molar-refractivity contribution < 1.29 is 32.0 Å². The molecule has 2 aromatic carbocycles. The Morgan fingerprint density at radius 3 is 2.42 bits per heavy atom. The van der Waals surface area contributed by atoms with Crippen LogP contribution in [-0.2, 0) is 9.84 Å². The molecule has 0 N–H and O–H groups in total. The second kappa shape index (κ2) is 8.88. The number of nitro benzene ring substituents is 1. The number of nitrogens with zero attached hydrogens (tertiary/aromatic N) is 2. The highest BCUT2D eigenvalue weighted by molar-refractivity contribution is 7.91. The van der Waals surface area contributed by atoms with E-state index in [0.29, 0.717) is 0 Å². The molecule has 1 saturated heterocycles. The van der Waals surface area contributed by atoms with Crippen LogP contribution in [0.1, 0.15) is 27.6 Å². The van der Waals surface area contributed by atoms with Gasteiger partial charge >= 0.3 is 0 Å². The molecule has 9 nitrogen and oxygen atoms in total. The topological polar surface area (TPSA) is 116 Å². The third-order valence-corrected chi connectivity index (χ3v) is 7.32. The van der Waals surface area contributed by atoms with Gasteiger partial charge in [-0.2, -0.15) is 0 Å². The minimum absolute atomic E-state index is 0.0113. The van der Waals surface area contributed by atoms with E-state index in [0.717, 1.165) is 6.07 Å². The molecule has 0 radical (unpaired) electrons. The maximum atomic E-state index is 14.2. The second-order valence-corrected chi connectivity index (χ2v) is 9.24. The van der Waals surface area contributed by atoms with E-state index < -0.39 is 43.2 Å². The first-order chi connectivity index (χ1) is 14.7. The van der Waals surface area contributed by atoms with Crippen molar-refractivity contribution in [3.8, 4) is 11.5 Å². The average Bonchev–Trinajstić information content (AvgIpc) is 2.90. The summed E-state index contributed by atoms with van der Waals surface area (Å²) in [5.41, 5.74) is -0.682. The van der Waals surface area contributed by atoms with Crippen LogP contribution < -0.4 is 9.47 Å². The van der Waals surface area contributed by atoms with E-state index in [1.807, 2.05) is 0 Å². The number of nitro groups is 1. The molecule has 1 unspecified atom stereocenters. The van der Waals surface area contributed by atoms with Gasteiger partial charge in [-0.05, 0) is 12.5 Å². The fourth-order valence-corrected chi connectivity index (χ4v) is 5.40. The van der Waals surface area contributed by atoms with Crippen molar-refractivity contribution in [2.24, 2.45) is 0 Å². The number of amides is 1. The predicted octanol–water partition coefficient (Wildman–Crippen LogP) is 2.75. The monoisotopic (exact) mass is 452 g/mol. The van der Waals surface area contributed by atoms with Crippen molar-refractivity contribution >= 4 is 21.4 Å². The fraction of sp³-hybridized carbons (Fsp3) is 0.350. The number of ether oxygens (including phenoxy) is 2. The Morgan fingerprint density at radius 2 is 1.81 bits per heavy atom. The number of rotatable bonds is 5. The summed E-state index contributed by atoms with van der Waals surface area (Å²) in [6.45, 7) is -0.180. The molecule has 0 saturated carbocycles. The summed E-state index contributed by atoms with van der Waals surface area (Å²) < 4.78 is 50.0. The third kappa shape index (κ3) is 4.46. The molecule has 11 heteroatoms. The normalized spacial score (nSPS) is 18.2. The standard InChI is InChI=1S/C20H21FN2O7S/c1-29-17-11-14(16(23(25)26)12-18(17)30-2)20(24)22-8-7-19(31(27,28)10-9-22)13-5-3-4-6-15(13)21/h3-6,11-12,19H,7-10H2,1-2H3. The molecule has 31 heavy (non-hydrogen) atoms. The zero-order valence-corrected chi connectivity index (χ0v) is 17.7. The number of methoxy groups -OCH3 is 2. The minimum atomic E-state index is -3.75. The zero-order chi connectivity index (χ0) is 22.8. The van der Waals surface area contributed by atoms with Gasteiger partial charge in [-0.15, -0.1) is 0 Å². The molecule has 0 aromatic heterocycles. The second-order valence-electron chi connectivity index (χ2n) is 6.94. The highest BCUT2D eigenvalue weighted by Gasteiger charge is 2.36. The molecule has 1 aliphatic heterocycles. The van der Waals surface area contributed by atoms with Crippen LogP contribution in [-0.4, -0.2) is 57.2 Å². The van der Waals surface area contributed by atoms with Gasteiger partial charge < -0.3 is 14.4 Å². The van der Waals surface area contributed by atoms with E-state index in [9.17, 15) is 27.7 Å². The largest absolute Gasteiger partial charge is 0.493 e. The Labute approximate surface area is 178 Å². The van der Waals surface area contributed by atoms with Crippen LogP contribution in [0.25, 0.3) is 0 Å². The van der Waals surface area contributed by atoms with E-state index in [1.165, 1.54) is 43.4 Å². The molecule has 1 aliphatic rings. The van der Waals surface area contributed by atoms with E-state index >= 15 is 0 Å². The number of hydrogen-bond acceptors (Lipinski definition) is 7. The lowest BCUT2D eigenvalue weighted by Crippen LogP contribution is -2.34. The fourth-order valence-electron chi connectivity index (χ4n) is 3.59. The number of benzene rings is 2. The molecule has 1 atom stereocenters. The van der Waals surface area contributed by atoms with Gasteiger partial charge in [0.25, 0.3) is 11.6 Å². The summed E-state index contributed by atoms with van der Waals surface area (Å²) >= 11 is 0. The molecular weight excluding hydrogens is 431 g/mol. The summed E-state index contributed by atoms with van der Waals surface area (Å²) in [5.74, 6) is -1.52. The van der Waals surface area contributed by atoms with Crippen molar-refractivity contribution in [1.82, 2.24) is 4.90 Å². The highest BCUT2D eigenvalue weighted by Crippen LogP contribution is 2.36. The van der Waals surface area contributed by atoms with Gasteiger partial charge in [0.15, 0.2) is 21.3 Å². The lowest BCUT2D eigenvalue weighted by atomic mass is 10.1. The lowest BCUT2D eigenvalue weighted by molar-refractivity contribution is -0.385. The number of hydrogen-bond donors (Lipinski definition) is 0. The van der Waals surface area contributed by atoms with Crippen molar-refractivity contribution in [3.63, 3.8) is 0 Å². The van der Waals surface area contributed by atoms with Crippen LogP contribution in [0.3, 0.4) is 0 Å². The van der Waals surface area contributed by atoms with Gasteiger partial charge in [0, 0.05) is 24.7 Å². The van der Waals surface area contributed by atoms with Crippen molar-refractivity contribution in [2.75, 3.05) is 33.1 Å². The Morgan fingerprint density at radius 1 is 1.16 bits per heavy atom. The Hall–Kier alpha value is -3.21. The van der Waals surface area contributed by atoms with Crippen LogP contribution >= 0.6 is 0 Å². The first kappa shape index (κ1) is 22.5. The van der Waals surface area contributed by atoms with Gasteiger partial charge in [0.05, 0.1) is 36.2 Å². The number of carbonyl (C=O) groups is 1. The smallest absolute Gasteiger partial charge is 0.286 e. The van der Waals surface area contributed by atoms with Crippen LogP contribution in [0.4, 0.5) is 10.1 Å². The maximum Gasteiger partial charge on any atom is 0.286 e. The first-order valence-electron chi connectivity index (χ1n) is 9.35. The van der Waals surface area contributed by atoms with Crippen molar-refractivity contribution in [2.45, 2.75) is 11.7 Å². The quantitative estimate of drug-likeness (QED) is 0.506. The SMILES string of the molecule is COc1cc(C(=O)N2CCC(c3ccccc3F)S(=O)(=O)CC2)c([N+](=O)[O-])cc1OC. The van der Waals surface area contributed by atoms with Gasteiger partial charge in [-0.1, -0.05) is 18.2 Å². The highest BCUT2D eigenvalue weighted by atomic mass is 32.2. The van der Waals surface area contributed by atoms with E-state index in [2.05, 4.69) is 0 Å². The molecule has 0 aliphatic carbocycles. The third-order valence-electron chi connectivity index (χ3n) is 5.21. The van der Waals surface area contributed by atoms with Gasteiger partial charge in [0.1, 0.15) is 11.4 Å². The zero-order valence-electron chi connectivity index (χ0n) is 16.9. The minimum Gasteiger partial charge on any atom is -0.493 e. The first-order valence-corrected chi connectivity index (χ1v) is 11.1. The predicted molar refractivity (Wildman–Crippen MR) is 110 cm³/mol. The van der Waals surface area contributed by atoms with Gasteiger partial charge in [0.2, 0.25) is 0 Å². The van der Waals surface area contributed by atoms with E-state index in [-0.39, 0.29) is 42.1 Å². The molecule has 0 spiro atoms. The molecule has 166 valence electrons. The molecule has 1 amide bonds. The molecular formula is C20H21FN2O7S. The maximum absolute atomic E-state index is 14.2. The average molecular weight is 452 g/mol. The summed E-state index contributed by atoms with van der Waals surface area (Å²) in [6, 6.07) is 7.90. The summed E-state index contributed by atoms with van der Waals surface area (Å²) in [6.07, 6.45) is -0.0317. The van der Waals surface area contributed by atoms with Gasteiger partial charge in [-0.3, -0.25) is 14.9 Å². The van der Waals surface area contributed by atoms with Crippen molar-refractivity contribution in [3.05, 3.63) is 63.5 Å². The van der Waals surface area contributed by atoms with Crippen molar-refractivity contribution in [1.29, 1.82) is 0 Å². The van der Waals surface area contributed by atoms with Crippen LogP contribution in [0, 0.1) is 15.9 Å². The Bertz CT molecular complexity index is 1120. The lowest BCUT2D eigenvalue weighted by Gasteiger charge is -2.21. The van der Waals surface area contributed by atoms with Crippen LogP contribution in [0.2, 0.25) is 0 Å². The summed E-state index contributed by atoms with van der Waals surface area (Å²) in [7, 11) is -1.11. The van der Waals surface area contributed by atoms with E-state index in [1.54, 1.807) is 6.07 Å². The molecule has 1 fully saturated rings. The number of sulfone groups is 1. The van der Waals surface area contributed by atoms with Crippen LogP contribution in [0.15, 0.2) is 36.4 Å². The summed E-state index contributed by atoms with van der Waals surface area (Å²) in [5, 5.41) is 10.4. The molecule has 0 bridgehead atoms. The van der Waals surface area contributed by atoms with E-state index in [4.69, 9.17) is 9.47 Å². The van der Waals surface area contributed by atoms with Crippen LogP contribution in [0.5, 0.6) is 11.5 Å². The van der Waals surface area contributed by atoms with Gasteiger partial charge in [-0.25, -0.2) is 12.8 Å². The Kier molecular flexibility index (Phi) is 6.44.